The fourth-order valence-corrected chi connectivity index (χ4v) is 2.73. The lowest BCUT2D eigenvalue weighted by molar-refractivity contribution is 0.0205. The largest absolute Gasteiger partial charge is 0.490 e. The number of hydrogen-bond donors (Lipinski definition) is 1. The molecular weight excluding hydrogens is 257 g/mol. The second-order valence-electron chi connectivity index (χ2n) is 5.69. The van der Waals surface area contributed by atoms with Crippen molar-refractivity contribution in [2.45, 2.75) is 57.8 Å². The average Bonchev–Trinajstić information content (AvgIpc) is 2.42. The summed E-state index contributed by atoms with van der Waals surface area (Å²) in [4.78, 5) is 0. The fraction of sp³-hybridized carbons (Fsp3) is 0.625. The van der Waals surface area contributed by atoms with E-state index >= 15 is 0 Å². The highest BCUT2D eigenvalue weighted by Gasteiger charge is 2.24. The Morgan fingerprint density at radius 2 is 2.00 bits per heavy atom. The van der Waals surface area contributed by atoms with Crippen LogP contribution in [0, 0.1) is 12.7 Å². The summed E-state index contributed by atoms with van der Waals surface area (Å²) < 4.78 is 25.2. The molecule has 0 amide bonds. The van der Waals surface area contributed by atoms with Crippen LogP contribution in [0.2, 0.25) is 0 Å². The summed E-state index contributed by atoms with van der Waals surface area (Å²) >= 11 is 0. The number of hydrogen-bond acceptors (Lipinski definition) is 3. The van der Waals surface area contributed by atoms with Gasteiger partial charge in [-0.25, -0.2) is 4.39 Å². The maximum absolute atomic E-state index is 13.7. The second-order valence-corrected chi connectivity index (χ2v) is 5.69. The molecular formula is C16H24FNO2. The van der Waals surface area contributed by atoms with Gasteiger partial charge in [0.2, 0.25) is 0 Å². The lowest BCUT2D eigenvalue weighted by Gasteiger charge is -2.30. The third-order valence-corrected chi connectivity index (χ3v) is 3.99. The van der Waals surface area contributed by atoms with Crippen LogP contribution in [0.4, 0.5) is 4.39 Å². The number of aryl methyl sites for hydroxylation is 1. The zero-order valence-corrected chi connectivity index (χ0v) is 12.5. The molecule has 0 aliphatic heterocycles. The number of ether oxygens (including phenoxy) is 2. The molecule has 0 aromatic heterocycles. The Balaban J connectivity index is 2.17. The lowest BCUT2D eigenvalue weighted by Crippen LogP contribution is -2.30. The van der Waals surface area contributed by atoms with Crippen molar-refractivity contribution in [3.8, 4) is 5.75 Å². The first-order chi connectivity index (χ1) is 9.51. The smallest absolute Gasteiger partial charge is 0.126 e. The first kappa shape index (κ1) is 15.3. The van der Waals surface area contributed by atoms with E-state index in [1.165, 1.54) is 6.07 Å². The minimum Gasteiger partial charge on any atom is -0.490 e. The zero-order valence-electron chi connectivity index (χ0n) is 12.5. The van der Waals surface area contributed by atoms with Gasteiger partial charge >= 0.3 is 0 Å². The predicted octanol–water partition coefficient (Wildman–Crippen LogP) is 3.49. The summed E-state index contributed by atoms with van der Waals surface area (Å²) in [6, 6.07) is 3.00. The number of rotatable bonds is 4. The summed E-state index contributed by atoms with van der Waals surface area (Å²) in [5, 5.41) is 0. The molecule has 0 heterocycles. The van der Waals surface area contributed by atoms with E-state index in [1.54, 1.807) is 20.1 Å². The van der Waals surface area contributed by atoms with E-state index in [0.717, 1.165) is 31.2 Å². The number of benzene rings is 1. The van der Waals surface area contributed by atoms with Crippen LogP contribution in [0.15, 0.2) is 12.1 Å². The van der Waals surface area contributed by atoms with E-state index in [2.05, 4.69) is 0 Å². The molecule has 112 valence electrons. The molecule has 2 rings (SSSR count). The molecule has 1 aromatic carbocycles. The van der Waals surface area contributed by atoms with E-state index in [4.69, 9.17) is 15.2 Å². The van der Waals surface area contributed by atoms with E-state index in [1.807, 2.05) is 6.92 Å². The molecule has 20 heavy (non-hydrogen) atoms. The lowest BCUT2D eigenvalue weighted by atomic mass is 9.94. The summed E-state index contributed by atoms with van der Waals surface area (Å²) in [5.41, 5.74) is 7.24. The van der Waals surface area contributed by atoms with Crippen LogP contribution >= 0.6 is 0 Å². The van der Waals surface area contributed by atoms with Crippen molar-refractivity contribution in [2.24, 2.45) is 5.73 Å². The first-order valence-electron chi connectivity index (χ1n) is 7.26. The topological polar surface area (TPSA) is 44.5 Å². The minimum absolute atomic E-state index is 0.121. The van der Waals surface area contributed by atoms with Gasteiger partial charge in [-0.05, 0) is 50.8 Å². The highest BCUT2D eigenvalue weighted by Crippen LogP contribution is 2.31. The van der Waals surface area contributed by atoms with E-state index in [-0.39, 0.29) is 24.1 Å². The Bertz CT molecular complexity index is 462. The predicted molar refractivity (Wildman–Crippen MR) is 77.4 cm³/mol. The zero-order chi connectivity index (χ0) is 14.7. The Kier molecular flexibility index (Phi) is 5.00. The Labute approximate surface area is 120 Å². The van der Waals surface area contributed by atoms with Crippen molar-refractivity contribution in [1.29, 1.82) is 0 Å². The minimum atomic E-state index is -0.248. The van der Waals surface area contributed by atoms with Crippen LogP contribution in [0.5, 0.6) is 5.75 Å². The van der Waals surface area contributed by atoms with Crippen LogP contribution in [0.1, 0.15) is 49.8 Å². The molecule has 1 saturated carbocycles. The summed E-state index contributed by atoms with van der Waals surface area (Å²) in [7, 11) is 1.74. The van der Waals surface area contributed by atoms with E-state index < -0.39 is 0 Å². The molecule has 1 aromatic rings. The standard InChI is InChI=1S/C16H24FNO2/c1-10-7-16(14(11(2)18)9-15(10)17)20-13-6-4-5-12(8-13)19-3/h7,9,11-13H,4-6,8,18H2,1-3H3. The SMILES string of the molecule is COC1CCCC(Oc2cc(C)c(F)cc2C(C)N)C1. The van der Waals surface area contributed by atoms with Gasteiger partial charge in [0.1, 0.15) is 17.7 Å². The van der Waals surface area contributed by atoms with Gasteiger partial charge in [0, 0.05) is 25.1 Å². The molecule has 1 aliphatic rings. The van der Waals surface area contributed by atoms with Crippen molar-refractivity contribution in [3.05, 3.63) is 29.1 Å². The van der Waals surface area contributed by atoms with Crippen molar-refractivity contribution in [1.82, 2.24) is 0 Å². The third kappa shape index (κ3) is 3.49. The highest BCUT2D eigenvalue weighted by molar-refractivity contribution is 5.40. The first-order valence-corrected chi connectivity index (χ1v) is 7.26. The van der Waals surface area contributed by atoms with E-state index in [0.29, 0.717) is 11.3 Å². The van der Waals surface area contributed by atoms with Crippen LogP contribution in [-0.2, 0) is 4.74 Å². The number of methoxy groups -OCH3 is 1. The van der Waals surface area contributed by atoms with Gasteiger partial charge in [0.05, 0.1) is 6.10 Å². The summed E-state index contributed by atoms with van der Waals surface area (Å²) in [6.07, 6.45) is 4.45. The molecule has 3 nitrogen and oxygen atoms in total. The maximum atomic E-state index is 13.7. The van der Waals surface area contributed by atoms with Gasteiger partial charge < -0.3 is 15.2 Å². The van der Waals surface area contributed by atoms with Gasteiger partial charge in [-0.1, -0.05) is 0 Å². The number of halogens is 1. The van der Waals surface area contributed by atoms with Gasteiger partial charge in [-0.3, -0.25) is 0 Å². The second kappa shape index (κ2) is 6.55. The molecule has 0 radical (unpaired) electrons. The molecule has 3 atom stereocenters. The van der Waals surface area contributed by atoms with Crippen LogP contribution < -0.4 is 10.5 Å². The maximum Gasteiger partial charge on any atom is 0.126 e. The summed E-state index contributed by atoms with van der Waals surface area (Å²) in [6.45, 7) is 3.59. The quantitative estimate of drug-likeness (QED) is 0.918. The molecule has 0 saturated heterocycles. The molecule has 1 aliphatic carbocycles. The van der Waals surface area contributed by atoms with Crippen molar-refractivity contribution < 1.29 is 13.9 Å². The van der Waals surface area contributed by atoms with Crippen molar-refractivity contribution in [2.75, 3.05) is 7.11 Å². The number of nitrogens with two attached hydrogens (primary N) is 1. The molecule has 4 heteroatoms. The Morgan fingerprint density at radius 1 is 1.30 bits per heavy atom. The van der Waals surface area contributed by atoms with Crippen LogP contribution in [0.3, 0.4) is 0 Å². The van der Waals surface area contributed by atoms with Gasteiger partial charge in [-0.2, -0.15) is 0 Å². The van der Waals surface area contributed by atoms with Crippen LogP contribution in [-0.4, -0.2) is 19.3 Å². The molecule has 3 unspecified atom stereocenters. The van der Waals surface area contributed by atoms with Crippen molar-refractivity contribution >= 4 is 0 Å². The van der Waals surface area contributed by atoms with Crippen LogP contribution in [0.25, 0.3) is 0 Å². The molecule has 2 N–H and O–H groups in total. The monoisotopic (exact) mass is 281 g/mol. The highest BCUT2D eigenvalue weighted by atomic mass is 19.1. The summed E-state index contributed by atoms with van der Waals surface area (Å²) in [5.74, 6) is 0.476. The van der Waals surface area contributed by atoms with Gasteiger partial charge in [0.25, 0.3) is 0 Å². The molecule has 0 bridgehead atoms. The Morgan fingerprint density at radius 3 is 2.65 bits per heavy atom. The van der Waals surface area contributed by atoms with Gasteiger partial charge in [0.15, 0.2) is 0 Å². The Hall–Kier alpha value is -1.13. The normalized spacial score (nSPS) is 24.4. The molecule has 0 spiro atoms. The third-order valence-electron chi connectivity index (χ3n) is 3.99. The van der Waals surface area contributed by atoms with Gasteiger partial charge in [-0.15, -0.1) is 0 Å². The average molecular weight is 281 g/mol. The fourth-order valence-electron chi connectivity index (χ4n) is 2.73. The van der Waals surface area contributed by atoms with Crippen molar-refractivity contribution in [3.63, 3.8) is 0 Å². The molecule has 1 fully saturated rings. The van der Waals surface area contributed by atoms with E-state index in [9.17, 15) is 4.39 Å².